The average molecular weight is 461 g/mol. The molecule has 2 aromatic carbocycles. The summed E-state index contributed by atoms with van der Waals surface area (Å²) < 4.78 is 11.3. The largest absolute Gasteiger partial charge is 0.494 e. The van der Waals surface area contributed by atoms with E-state index in [4.69, 9.17) is 21.1 Å². The number of ether oxygens (including phenoxy) is 2. The van der Waals surface area contributed by atoms with E-state index in [2.05, 4.69) is 4.98 Å². The van der Waals surface area contributed by atoms with E-state index < -0.39 is 0 Å². The van der Waals surface area contributed by atoms with Crippen molar-refractivity contribution in [3.05, 3.63) is 79.2 Å². The molecule has 0 aliphatic carbocycles. The van der Waals surface area contributed by atoms with Crippen LogP contribution in [0.5, 0.6) is 11.6 Å². The van der Waals surface area contributed by atoms with E-state index in [1.807, 2.05) is 43.3 Å². The lowest BCUT2D eigenvalue weighted by atomic mass is 10.1. The van der Waals surface area contributed by atoms with Crippen LogP contribution in [0.1, 0.15) is 29.0 Å². The van der Waals surface area contributed by atoms with Crippen molar-refractivity contribution in [2.75, 3.05) is 13.2 Å². The summed E-state index contributed by atoms with van der Waals surface area (Å²) >= 11 is 7.03. The zero-order valence-corrected chi connectivity index (χ0v) is 18.3. The molecular formula is C22H21ClN2O5S. The first kappa shape index (κ1) is 21.3. The van der Waals surface area contributed by atoms with Gasteiger partial charge in [-0.2, -0.15) is 0 Å². The van der Waals surface area contributed by atoms with Crippen molar-refractivity contribution in [2.45, 2.75) is 25.5 Å². The molecule has 1 aliphatic heterocycles. The Hall–Kier alpha value is -2.97. The van der Waals surface area contributed by atoms with Crippen LogP contribution in [0.15, 0.2) is 53.3 Å². The van der Waals surface area contributed by atoms with Gasteiger partial charge in [0.15, 0.2) is 0 Å². The monoisotopic (exact) mass is 460 g/mol. The molecule has 2 heterocycles. The third-order valence-corrected chi connectivity index (χ3v) is 6.18. The Bertz CT molecular complexity index is 1130. The van der Waals surface area contributed by atoms with Crippen LogP contribution in [-0.2, 0) is 11.2 Å². The summed E-state index contributed by atoms with van der Waals surface area (Å²) in [5.74, 6) is 0.582. The Morgan fingerprint density at radius 1 is 1.29 bits per heavy atom. The van der Waals surface area contributed by atoms with Crippen molar-refractivity contribution in [2.24, 2.45) is 0 Å². The molecule has 0 radical (unpaired) electrons. The van der Waals surface area contributed by atoms with Crippen molar-refractivity contribution in [1.82, 2.24) is 9.88 Å². The van der Waals surface area contributed by atoms with Crippen LogP contribution >= 0.6 is 22.9 Å². The Balaban J connectivity index is 1.32. The third kappa shape index (κ3) is 5.03. The second kappa shape index (κ2) is 9.03. The summed E-state index contributed by atoms with van der Waals surface area (Å²) in [6.45, 7) is 2.66. The van der Waals surface area contributed by atoms with Crippen molar-refractivity contribution in [3.63, 3.8) is 0 Å². The Labute approximate surface area is 187 Å². The predicted octanol–water partition coefficient (Wildman–Crippen LogP) is 4.35. The number of cyclic esters (lactones) is 1. The molecule has 1 fully saturated rings. The fraction of sp³-hybridized carbons (Fsp3) is 0.273. The van der Waals surface area contributed by atoms with Gasteiger partial charge in [0, 0.05) is 11.4 Å². The van der Waals surface area contributed by atoms with Crippen LogP contribution < -0.4 is 9.61 Å². The molecule has 0 spiro atoms. The maximum absolute atomic E-state index is 12.3. The summed E-state index contributed by atoms with van der Waals surface area (Å²) in [5, 5.41) is 10.3. The van der Waals surface area contributed by atoms with Crippen LogP contribution in [-0.4, -0.2) is 40.3 Å². The summed E-state index contributed by atoms with van der Waals surface area (Å²) in [5.41, 5.74) is 1.81. The summed E-state index contributed by atoms with van der Waals surface area (Å²) in [4.78, 5) is 27.9. The summed E-state index contributed by atoms with van der Waals surface area (Å²) in [6, 6.07) is 14.5. The quantitative estimate of drug-likeness (QED) is 0.547. The van der Waals surface area contributed by atoms with Gasteiger partial charge in [0.1, 0.15) is 18.5 Å². The first-order valence-electron chi connectivity index (χ1n) is 9.74. The molecule has 1 aliphatic rings. The number of hydrogen-bond acceptors (Lipinski definition) is 6. The lowest BCUT2D eigenvalue weighted by molar-refractivity contribution is 0.122. The molecule has 1 saturated heterocycles. The summed E-state index contributed by atoms with van der Waals surface area (Å²) in [6.07, 6.45) is -0.272. The first-order chi connectivity index (χ1) is 14.9. The summed E-state index contributed by atoms with van der Waals surface area (Å²) in [7, 11) is 0. The van der Waals surface area contributed by atoms with Gasteiger partial charge in [0.2, 0.25) is 5.88 Å². The lowest BCUT2D eigenvalue weighted by Crippen LogP contribution is -2.38. The fourth-order valence-electron chi connectivity index (χ4n) is 3.39. The normalized spacial score (nSPS) is 16.9. The van der Waals surface area contributed by atoms with Gasteiger partial charge >= 0.3 is 11.0 Å². The number of amides is 1. The second-order valence-electron chi connectivity index (χ2n) is 7.35. The topological polar surface area (TPSA) is 91.9 Å². The van der Waals surface area contributed by atoms with Crippen LogP contribution in [0.3, 0.4) is 0 Å². The number of thiazole rings is 1. The highest BCUT2D eigenvalue weighted by Gasteiger charge is 2.35. The molecule has 7 nitrogen and oxygen atoms in total. The van der Waals surface area contributed by atoms with Gasteiger partial charge in [-0.25, -0.2) is 4.79 Å². The molecule has 1 amide bonds. The Kier molecular flexibility index (Phi) is 6.20. The van der Waals surface area contributed by atoms with Crippen LogP contribution in [0.2, 0.25) is 5.02 Å². The Morgan fingerprint density at radius 2 is 2.06 bits per heavy atom. The van der Waals surface area contributed by atoms with Gasteiger partial charge < -0.3 is 14.6 Å². The van der Waals surface area contributed by atoms with E-state index in [0.29, 0.717) is 35.2 Å². The second-order valence-corrected chi connectivity index (χ2v) is 8.85. The van der Waals surface area contributed by atoms with E-state index in [1.165, 1.54) is 0 Å². The van der Waals surface area contributed by atoms with Crippen molar-refractivity contribution in [3.8, 4) is 11.6 Å². The van der Waals surface area contributed by atoms with Gasteiger partial charge in [-0.15, -0.1) is 0 Å². The highest BCUT2D eigenvalue weighted by atomic mass is 35.5. The Morgan fingerprint density at radius 3 is 2.74 bits per heavy atom. The van der Waals surface area contributed by atoms with Gasteiger partial charge in [0.25, 0.3) is 0 Å². The number of benzene rings is 2. The number of carbonyl (C=O) groups excluding carboxylic acids is 1. The molecule has 2 unspecified atom stereocenters. The minimum absolute atomic E-state index is 0.0854. The highest BCUT2D eigenvalue weighted by Crippen LogP contribution is 2.29. The van der Waals surface area contributed by atoms with Gasteiger partial charge in [-0.1, -0.05) is 47.2 Å². The van der Waals surface area contributed by atoms with Gasteiger partial charge in [-0.3, -0.25) is 14.7 Å². The van der Waals surface area contributed by atoms with E-state index in [9.17, 15) is 14.7 Å². The van der Waals surface area contributed by atoms with Crippen molar-refractivity contribution < 1.29 is 19.4 Å². The number of nitrogens with zero attached hydrogens (tertiary/aromatic N) is 1. The molecule has 1 aromatic heterocycles. The van der Waals surface area contributed by atoms with Crippen LogP contribution in [0, 0.1) is 0 Å². The van der Waals surface area contributed by atoms with E-state index >= 15 is 0 Å². The molecule has 9 heteroatoms. The van der Waals surface area contributed by atoms with E-state index in [1.54, 1.807) is 17.0 Å². The molecule has 2 atom stereocenters. The zero-order valence-electron chi connectivity index (χ0n) is 16.7. The number of aromatic nitrogens is 1. The molecular weight excluding hydrogens is 440 g/mol. The number of H-pyrrole nitrogens is 1. The average Bonchev–Trinajstić information content (AvgIpc) is 3.28. The molecule has 4 rings (SSSR count). The predicted molar refractivity (Wildman–Crippen MR) is 118 cm³/mol. The smallest absolute Gasteiger partial charge is 0.410 e. The number of carbonyl (C=O) groups is 1. The molecule has 31 heavy (non-hydrogen) atoms. The lowest BCUT2D eigenvalue weighted by Gasteiger charge is -2.22. The molecule has 3 aromatic rings. The molecule has 2 N–H and O–H groups in total. The molecule has 0 bridgehead atoms. The minimum Gasteiger partial charge on any atom is -0.494 e. The van der Waals surface area contributed by atoms with E-state index in [-0.39, 0.29) is 29.0 Å². The maximum Gasteiger partial charge on any atom is 0.410 e. The van der Waals surface area contributed by atoms with Gasteiger partial charge in [-0.05, 0) is 42.3 Å². The fourth-order valence-corrected chi connectivity index (χ4v) is 4.34. The number of nitrogens with one attached hydrogen (secondary N) is 1. The van der Waals surface area contributed by atoms with Crippen molar-refractivity contribution in [1.29, 1.82) is 0 Å². The van der Waals surface area contributed by atoms with Gasteiger partial charge in [0.05, 0.1) is 17.5 Å². The standard InChI is InChI=1S/C22H21ClN2O5S/c1-13(25-11-18(30-22(25)28)15-3-2-4-16(23)10-15)12-29-17-7-5-14(6-8-17)9-19-20(26)24-21(27)31-19/h2-8,10,13,18,26H,9,11-12H2,1H3,(H,24,27). The zero-order chi connectivity index (χ0) is 22.0. The maximum atomic E-state index is 12.3. The number of aromatic amines is 1. The first-order valence-corrected chi connectivity index (χ1v) is 10.9. The number of aromatic hydroxyl groups is 1. The number of halogens is 1. The molecule has 0 saturated carbocycles. The van der Waals surface area contributed by atoms with Crippen LogP contribution in [0.25, 0.3) is 0 Å². The van der Waals surface area contributed by atoms with Crippen molar-refractivity contribution >= 4 is 29.0 Å². The third-order valence-electron chi connectivity index (χ3n) is 5.07. The number of rotatable bonds is 7. The molecule has 162 valence electrons. The number of hydrogen-bond donors (Lipinski definition) is 2. The van der Waals surface area contributed by atoms with E-state index in [0.717, 1.165) is 22.5 Å². The van der Waals surface area contributed by atoms with Crippen LogP contribution in [0.4, 0.5) is 4.79 Å². The highest BCUT2D eigenvalue weighted by molar-refractivity contribution is 7.09. The SMILES string of the molecule is CC(COc1ccc(Cc2sc(=O)[nH]c2O)cc1)N1CC(c2cccc(Cl)c2)OC1=O. The minimum atomic E-state index is -0.373.